The summed E-state index contributed by atoms with van der Waals surface area (Å²) in [6, 6.07) is 11.3. The van der Waals surface area contributed by atoms with Crippen molar-refractivity contribution in [1.29, 1.82) is 0 Å². The number of hydrogen-bond donors (Lipinski definition) is 2. The minimum atomic E-state index is -0.331. The Morgan fingerprint density at radius 2 is 1.64 bits per heavy atom. The Kier molecular flexibility index (Phi) is 7.37. The highest BCUT2D eigenvalue weighted by atomic mass is 35.5. The van der Waals surface area contributed by atoms with Crippen LogP contribution in [-0.2, 0) is 4.79 Å². The first-order valence-corrected chi connectivity index (χ1v) is 8.47. The summed E-state index contributed by atoms with van der Waals surface area (Å²) in [6.07, 6.45) is 0. The monoisotopic (exact) mass is 400 g/mol. The molecule has 0 aliphatic rings. The smallest absolute Gasteiger partial charge is 0.258 e. The molecule has 5 nitrogen and oxygen atoms in total. The number of rotatable bonds is 7. The third-order valence-corrected chi connectivity index (χ3v) is 3.84. The Balaban J connectivity index is 1.67. The van der Waals surface area contributed by atoms with E-state index in [-0.39, 0.29) is 31.5 Å². The summed E-state index contributed by atoms with van der Waals surface area (Å²) >= 11 is 17.6. The van der Waals surface area contributed by atoms with Crippen LogP contribution in [0.4, 0.5) is 0 Å². The van der Waals surface area contributed by atoms with Gasteiger partial charge >= 0.3 is 0 Å². The molecular weight excluding hydrogens is 387 g/mol. The zero-order valence-electron chi connectivity index (χ0n) is 13.0. The number of nitrogens with one attached hydrogen (secondary N) is 2. The second-order valence-electron chi connectivity index (χ2n) is 4.98. The summed E-state index contributed by atoms with van der Waals surface area (Å²) in [5.74, 6) is -0.223. The van der Waals surface area contributed by atoms with Crippen LogP contribution in [-0.4, -0.2) is 31.5 Å². The van der Waals surface area contributed by atoms with E-state index in [9.17, 15) is 9.59 Å². The quantitative estimate of drug-likeness (QED) is 0.697. The fourth-order valence-electron chi connectivity index (χ4n) is 1.90. The zero-order chi connectivity index (χ0) is 18.2. The molecule has 2 aromatic carbocycles. The average Bonchev–Trinajstić information content (AvgIpc) is 2.57. The molecule has 0 unspecified atom stereocenters. The minimum Gasteiger partial charge on any atom is -0.482 e. The van der Waals surface area contributed by atoms with Crippen LogP contribution in [0.15, 0.2) is 42.5 Å². The molecule has 2 aromatic rings. The molecule has 0 fully saturated rings. The van der Waals surface area contributed by atoms with Gasteiger partial charge in [0.05, 0.1) is 5.02 Å². The number of ether oxygens (including phenoxy) is 1. The van der Waals surface area contributed by atoms with E-state index in [1.165, 1.54) is 6.07 Å². The van der Waals surface area contributed by atoms with Crippen LogP contribution in [0.25, 0.3) is 0 Å². The van der Waals surface area contributed by atoms with E-state index in [4.69, 9.17) is 39.5 Å². The first-order valence-electron chi connectivity index (χ1n) is 7.34. The summed E-state index contributed by atoms with van der Waals surface area (Å²) in [4.78, 5) is 23.6. The molecule has 0 bridgehead atoms. The number of benzene rings is 2. The van der Waals surface area contributed by atoms with Crippen molar-refractivity contribution < 1.29 is 14.3 Å². The fourth-order valence-corrected chi connectivity index (χ4v) is 2.55. The topological polar surface area (TPSA) is 67.4 Å². The van der Waals surface area contributed by atoms with Crippen molar-refractivity contribution in [2.75, 3.05) is 19.7 Å². The molecule has 8 heteroatoms. The maximum Gasteiger partial charge on any atom is 0.258 e. The van der Waals surface area contributed by atoms with Gasteiger partial charge in [0.15, 0.2) is 6.61 Å². The van der Waals surface area contributed by atoms with E-state index in [1.807, 2.05) is 0 Å². The molecule has 0 spiro atoms. The van der Waals surface area contributed by atoms with Crippen LogP contribution in [0.1, 0.15) is 10.4 Å². The lowest BCUT2D eigenvalue weighted by molar-refractivity contribution is -0.123. The SMILES string of the molecule is O=C(COc1ccc(Cl)cc1Cl)NCCNC(=O)c1cccc(Cl)c1. The third-order valence-electron chi connectivity index (χ3n) is 3.07. The van der Waals surface area contributed by atoms with Crippen LogP contribution >= 0.6 is 34.8 Å². The molecule has 25 heavy (non-hydrogen) atoms. The Morgan fingerprint density at radius 3 is 2.36 bits per heavy atom. The zero-order valence-corrected chi connectivity index (χ0v) is 15.3. The predicted octanol–water partition coefficient (Wildman–Crippen LogP) is 3.57. The van der Waals surface area contributed by atoms with Gasteiger partial charge in [0, 0.05) is 28.7 Å². The number of carbonyl (C=O) groups is 2. The second-order valence-corrected chi connectivity index (χ2v) is 6.26. The van der Waals surface area contributed by atoms with E-state index in [0.717, 1.165) is 0 Å². The van der Waals surface area contributed by atoms with E-state index < -0.39 is 0 Å². The van der Waals surface area contributed by atoms with Gasteiger partial charge in [-0.1, -0.05) is 40.9 Å². The van der Waals surface area contributed by atoms with Crippen LogP contribution in [0, 0.1) is 0 Å². The van der Waals surface area contributed by atoms with Crippen molar-refractivity contribution in [2.45, 2.75) is 0 Å². The van der Waals surface area contributed by atoms with Gasteiger partial charge in [0.1, 0.15) is 5.75 Å². The summed E-state index contributed by atoms with van der Waals surface area (Å²) in [6.45, 7) is 0.352. The maximum absolute atomic E-state index is 11.9. The molecule has 2 amide bonds. The first-order chi connectivity index (χ1) is 12.0. The van der Waals surface area contributed by atoms with Crippen LogP contribution in [0.5, 0.6) is 5.75 Å². The predicted molar refractivity (Wildman–Crippen MR) is 98.8 cm³/mol. The maximum atomic E-state index is 11.9. The largest absolute Gasteiger partial charge is 0.482 e. The number of halogens is 3. The lowest BCUT2D eigenvalue weighted by atomic mass is 10.2. The molecule has 2 rings (SSSR count). The van der Waals surface area contributed by atoms with Crippen molar-refractivity contribution in [3.05, 3.63) is 63.1 Å². The molecule has 0 aliphatic carbocycles. The first kappa shape index (κ1) is 19.4. The highest BCUT2D eigenvalue weighted by Crippen LogP contribution is 2.27. The summed E-state index contributed by atoms with van der Waals surface area (Å²) in [5, 5.41) is 6.61. The van der Waals surface area contributed by atoms with Gasteiger partial charge in [0.25, 0.3) is 11.8 Å². The molecule has 0 radical (unpaired) electrons. The van der Waals surface area contributed by atoms with Gasteiger partial charge in [-0.05, 0) is 36.4 Å². The van der Waals surface area contributed by atoms with Crippen LogP contribution < -0.4 is 15.4 Å². The summed E-state index contributed by atoms with van der Waals surface area (Å²) in [7, 11) is 0. The minimum absolute atomic E-state index is 0.191. The van der Waals surface area contributed by atoms with Crippen molar-refractivity contribution in [3.8, 4) is 5.75 Å². The second kappa shape index (κ2) is 9.51. The molecule has 0 aromatic heterocycles. The van der Waals surface area contributed by atoms with Crippen molar-refractivity contribution in [2.24, 2.45) is 0 Å². The number of carbonyl (C=O) groups excluding carboxylic acids is 2. The lowest BCUT2D eigenvalue weighted by Gasteiger charge is -2.09. The standard InChI is InChI=1S/C17H15Cl3N2O3/c18-12-3-1-2-11(8-12)17(24)22-7-6-21-16(23)10-25-15-5-4-13(19)9-14(15)20/h1-5,8-9H,6-7,10H2,(H,21,23)(H,22,24). The van der Waals surface area contributed by atoms with Gasteiger partial charge < -0.3 is 15.4 Å². The summed E-state index contributed by atoms with van der Waals surface area (Å²) in [5.41, 5.74) is 0.458. The van der Waals surface area contributed by atoms with Gasteiger partial charge in [-0.15, -0.1) is 0 Å². The molecule has 0 saturated heterocycles. The average molecular weight is 402 g/mol. The van der Waals surface area contributed by atoms with E-state index in [0.29, 0.717) is 26.4 Å². The lowest BCUT2D eigenvalue weighted by Crippen LogP contribution is -2.36. The van der Waals surface area contributed by atoms with Crippen LogP contribution in [0.3, 0.4) is 0 Å². The highest BCUT2D eigenvalue weighted by molar-refractivity contribution is 6.35. The molecular formula is C17H15Cl3N2O3. The molecule has 0 heterocycles. The normalized spacial score (nSPS) is 10.2. The van der Waals surface area contributed by atoms with E-state index in [2.05, 4.69) is 10.6 Å². The van der Waals surface area contributed by atoms with Crippen LogP contribution in [0.2, 0.25) is 15.1 Å². The molecule has 132 valence electrons. The Labute approximate surface area is 160 Å². The van der Waals surface area contributed by atoms with Gasteiger partial charge in [0.2, 0.25) is 0 Å². The van der Waals surface area contributed by atoms with E-state index >= 15 is 0 Å². The van der Waals surface area contributed by atoms with Crippen molar-refractivity contribution >= 4 is 46.6 Å². The summed E-state index contributed by atoms with van der Waals surface area (Å²) < 4.78 is 5.31. The van der Waals surface area contributed by atoms with Gasteiger partial charge in [-0.3, -0.25) is 9.59 Å². The Bertz CT molecular complexity index is 769. The highest BCUT2D eigenvalue weighted by Gasteiger charge is 2.08. The Hall–Kier alpha value is -1.95. The van der Waals surface area contributed by atoms with E-state index in [1.54, 1.807) is 36.4 Å². The molecule has 0 saturated carbocycles. The molecule has 0 aliphatic heterocycles. The van der Waals surface area contributed by atoms with Crippen molar-refractivity contribution in [3.63, 3.8) is 0 Å². The van der Waals surface area contributed by atoms with Gasteiger partial charge in [-0.25, -0.2) is 0 Å². The fraction of sp³-hybridized carbons (Fsp3) is 0.176. The molecule has 2 N–H and O–H groups in total. The Morgan fingerprint density at radius 1 is 0.920 bits per heavy atom. The number of amides is 2. The van der Waals surface area contributed by atoms with Gasteiger partial charge in [-0.2, -0.15) is 0 Å². The number of hydrogen-bond acceptors (Lipinski definition) is 3. The van der Waals surface area contributed by atoms with Crippen molar-refractivity contribution in [1.82, 2.24) is 10.6 Å². The molecule has 0 atom stereocenters. The third kappa shape index (κ3) is 6.46.